The van der Waals surface area contributed by atoms with Gasteiger partial charge in [0, 0.05) is 18.0 Å². The topological polar surface area (TPSA) is 58.9 Å². The standard InChI is InChI=1S/C9H8N2O2/c1-6-4-13-5-7(6)8-9(12)11-3-2-10-8/h2-5H,1H3,(H,11,12). The van der Waals surface area contributed by atoms with Crippen LogP contribution in [0.2, 0.25) is 0 Å². The lowest BCUT2D eigenvalue weighted by Gasteiger charge is -1.94. The highest BCUT2D eigenvalue weighted by molar-refractivity contribution is 5.60. The van der Waals surface area contributed by atoms with Crippen molar-refractivity contribution < 1.29 is 4.42 Å². The fourth-order valence-electron chi connectivity index (χ4n) is 1.15. The maximum absolute atomic E-state index is 11.3. The summed E-state index contributed by atoms with van der Waals surface area (Å²) >= 11 is 0. The highest BCUT2D eigenvalue weighted by Crippen LogP contribution is 2.17. The van der Waals surface area contributed by atoms with Gasteiger partial charge in [0.05, 0.1) is 6.26 Å². The van der Waals surface area contributed by atoms with E-state index in [1.807, 2.05) is 6.92 Å². The molecule has 2 rings (SSSR count). The highest BCUT2D eigenvalue weighted by Gasteiger charge is 2.08. The van der Waals surface area contributed by atoms with E-state index < -0.39 is 0 Å². The summed E-state index contributed by atoms with van der Waals surface area (Å²) in [6.45, 7) is 1.87. The van der Waals surface area contributed by atoms with E-state index in [9.17, 15) is 4.79 Å². The Morgan fingerprint density at radius 1 is 1.46 bits per heavy atom. The molecular formula is C9H8N2O2. The van der Waals surface area contributed by atoms with E-state index in [4.69, 9.17) is 4.42 Å². The average Bonchev–Trinajstić information content (AvgIpc) is 2.52. The zero-order chi connectivity index (χ0) is 9.26. The number of aromatic amines is 1. The molecule has 13 heavy (non-hydrogen) atoms. The Bertz CT molecular complexity index is 470. The lowest BCUT2D eigenvalue weighted by Crippen LogP contribution is -2.09. The Morgan fingerprint density at radius 3 is 2.92 bits per heavy atom. The van der Waals surface area contributed by atoms with Crippen molar-refractivity contribution in [3.8, 4) is 11.3 Å². The number of hydrogen-bond donors (Lipinski definition) is 1. The number of aromatic nitrogens is 2. The van der Waals surface area contributed by atoms with Crippen molar-refractivity contribution in [1.82, 2.24) is 9.97 Å². The van der Waals surface area contributed by atoms with Gasteiger partial charge in [-0.15, -0.1) is 0 Å². The van der Waals surface area contributed by atoms with Crippen LogP contribution in [0.5, 0.6) is 0 Å². The Hall–Kier alpha value is -1.84. The van der Waals surface area contributed by atoms with Crippen LogP contribution in [-0.4, -0.2) is 9.97 Å². The second kappa shape index (κ2) is 2.90. The van der Waals surface area contributed by atoms with Crippen LogP contribution in [-0.2, 0) is 0 Å². The summed E-state index contributed by atoms with van der Waals surface area (Å²) in [7, 11) is 0. The first kappa shape index (κ1) is 7.79. The third-order valence-electron chi connectivity index (χ3n) is 1.82. The summed E-state index contributed by atoms with van der Waals surface area (Å²) in [5.41, 5.74) is 1.84. The maximum Gasteiger partial charge on any atom is 0.274 e. The van der Waals surface area contributed by atoms with Gasteiger partial charge in [-0.1, -0.05) is 0 Å². The van der Waals surface area contributed by atoms with Crippen LogP contribution in [0.25, 0.3) is 11.3 Å². The number of H-pyrrole nitrogens is 1. The molecule has 0 aliphatic rings. The molecule has 0 bridgehead atoms. The molecule has 0 aliphatic carbocycles. The van der Waals surface area contributed by atoms with Gasteiger partial charge in [0.1, 0.15) is 12.0 Å². The third-order valence-corrected chi connectivity index (χ3v) is 1.82. The minimum atomic E-state index is -0.202. The molecule has 0 saturated carbocycles. The van der Waals surface area contributed by atoms with Crippen LogP contribution in [0.15, 0.2) is 34.1 Å². The predicted molar refractivity (Wildman–Crippen MR) is 47.3 cm³/mol. The second-order valence-corrected chi connectivity index (χ2v) is 2.74. The molecule has 0 radical (unpaired) electrons. The van der Waals surface area contributed by atoms with Gasteiger partial charge in [0.25, 0.3) is 5.56 Å². The van der Waals surface area contributed by atoms with Crippen molar-refractivity contribution in [3.05, 3.63) is 40.8 Å². The number of furan rings is 1. The second-order valence-electron chi connectivity index (χ2n) is 2.74. The van der Waals surface area contributed by atoms with Crippen molar-refractivity contribution >= 4 is 0 Å². The van der Waals surface area contributed by atoms with Gasteiger partial charge in [0.15, 0.2) is 0 Å². The van der Waals surface area contributed by atoms with E-state index in [1.54, 1.807) is 12.5 Å². The number of nitrogens with one attached hydrogen (secondary N) is 1. The summed E-state index contributed by atoms with van der Waals surface area (Å²) in [6, 6.07) is 0. The molecule has 4 nitrogen and oxygen atoms in total. The van der Waals surface area contributed by atoms with E-state index in [0.717, 1.165) is 11.1 Å². The van der Waals surface area contributed by atoms with Gasteiger partial charge in [-0.3, -0.25) is 4.79 Å². The smallest absolute Gasteiger partial charge is 0.274 e. The van der Waals surface area contributed by atoms with Gasteiger partial charge in [-0.05, 0) is 12.5 Å². The zero-order valence-corrected chi connectivity index (χ0v) is 7.07. The number of aryl methyl sites for hydroxylation is 1. The van der Waals surface area contributed by atoms with Gasteiger partial charge < -0.3 is 9.40 Å². The van der Waals surface area contributed by atoms with Gasteiger partial charge in [-0.2, -0.15) is 0 Å². The molecule has 0 unspecified atom stereocenters. The van der Waals surface area contributed by atoms with Crippen LogP contribution in [0.4, 0.5) is 0 Å². The van der Waals surface area contributed by atoms with Crippen LogP contribution in [0, 0.1) is 6.92 Å². The summed E-state index contributed by atoms with van der Waals surface area (Å²) in [5.74, 6) is 0. The molecule has 2 heterocycles. The van der Waals surface area contributed by atoms with Crippen molar-refractivity contribution in [3.63, 3.8) is 0 Å². The number of hydrogen-bond acceptors (Lipinski definition) is 3. The van der Waals surface area contributed by atoms with E-state index >= 15 is 0 Å². The minimum Gasteiger partial charge on any atom is -0.472 e. The van der Waals surface area contributed by atoms with E-state index in [0.29, 0.717) is 5.69 Å². The fraction of sp³-hybridized carbons (Fsp3) is 0.111. The Morgan fingerprint density at radius 2 is 2.31 bits per heavy atom. The molecule has 0 fully saturated rings. The lowest BCUT2D eigenvalue weighted by molar-refractivity contribution is 0.566. The quantitative estimate of drug-likeness (QED) is 0.713. The SMILES string of the molecule is Cc1cocc1-c1ncc[nH]c1=O. The van der Waals surface area contributed by atoms with E-state index in [2.05, 4.69) is 9.97 Å². The summed E-state index contributed by atoms with van der Waals surface area (Å²) in [4.78, 5) is 17.8. The highest BCUT2D eigenvalue weighted by atomic mass is 16.3. The molecule has 0 spiro atoms. The predicted octanol–water partition coefficient (Wildman–Crippen LogP) is 1.34. The molecule has 2 aromatic rings. The average molecular weight is 176 g/mol. The number of nitrogens with zero attached hydrogens (tertiary/aromatic N) is 1. The van der Waals surface area contributed by atoms with Crippen molar-refractivity contribution in [2.24, 2.45) is 0 Å². The van der Waals surface area contributed by atoms with E-state index in [-0.39, 0.29) is 5.56 Å². The molecule has 0 aromatic carbocycles. The van der Waals surface area contributed by atoms with Crippen LogP contribution < -0.4 is 5.56 Å². The van der Waals surface area contributed by atoms with Crippen LogP contribution in [0.3, 0.4) is 0 Å². The minimum absolute atomic E-state index is 0.202. The summed E-state index contributed by atoms with van der Waals surface area (Å²) < 4.78 is 4.96. The first-order valence-corrected chi connectivity index (χ1v) is 3.86. The Labute approximate surface area is 74.2 Å². The molecule has 2 aromatic heterocycles. The molecule has 0 amide bonds. The van der Waals surface area contributed by atoms with Gasteiger partial charge >= 0.3 is 0 Å². The van der Waals surface area contributed by atoms with Gasteiger partial charge in [-0.25, -0.2) is 4.98 Å². The Kier molecular flexibility index (Phi) is 1.73. The number of rotatable bonds is 1. The van der Waals surface area contributed by atoms with Crippen molar-refractivity contribution in [2.75, 3.05) is 0 Å². The van der Waals surface area contributed by atoms with E-state index in [1.165, 1.54) is 12.5 Å². The molecule has 4 heteroatoms. The molecule has 66 valence electrons. The van der Waals surface area contributed by atoms with Crippen molar-refractivity contribution in [2.45, 2.75) is 6.92 Å². The summed E-state index contributed by atoms with van der Waals surface area (Å²) in [5, 5.41) is 0. The fourth-order valence-corrected chi connectivity index (χ4v) is 1.15. The van der Waals surface area contributed by atoms with Crippen LogP contribution in [0.1, 0.15) is 5.56 Å². The summed E-state index contributed by atoms with van der Waals surface area (Å²) in [6.07, 6.45) is 6.15. The Balaban J connectivity index is 2.66. The normalized spacial score (nSPS) is 10.2. The molecule has 1 N–H and O–H groups in total. The first-order valence-electron chi connectivity index (χ1n) is 3.86. The molecule has 0 aliphatic heterocycles. The maximum atomic E-state index is 11.3. The molecule has 0 saturated heterocycles. The lowest BCUT2D eigenvalue weighted by atomic mass is 10.2. The third kappa shape index (κ3) is 1.26. The first-order chi connectivity index (χ1) is 6.29. The van der Waals surface area contributed by atoms with Crippen molar-refractivity contribution in [1.29, 1.82) is 0 Å². The molecule has 0 atom stereocenters. The monoisotopic (exact) mass is 176 g/mol. The van der Waals surface area contributed by atoms with Gasteiger partial charge in [0.2, 0.25) is 0 Å². The molecular weight excluding hydrogens is 168 g/mol. The van der Waals surface area contributed by atoms with Crippen LogP contribution >= 0.6 is 0 Å². The largest absolute Gasteiger partial charge is 0.472 e. The zero-order valence-electron chi connectivity index (χ0n) is 7.07.